The van der Waals surface area contributed by atoms with E-state index >= 15 is 0 Å². The second-order valence-electron chi connectivity index (χ2n) is 3.00. The van der Waals surface area contributed by atoms with Crippen LogP contribution in [0.15, 0.2) is 18.2 Å². The van der Waals surface area contributed by atoms with Crippen molar-refractivity contribution < 1.29 is 0 Å². The van der Waals surface area contributed by atoms with Crippen LogP contribution in [0.2, 0.25) is 10.0 Å². The largest absolute Gasteiger partial charge is 0.310 e. The Morgan fingerprint density at radius 1 is 1.17 bits per heavy atom. The van der Waals surface area contributed by atoms with Gasteiger partial charge in [-0.3, -0.25) is 0 Å². The van der Waals surface area contributed by atoms with E-state index in [1.165, 1.54) is 12.0 Å². The Labute approximate surface area is 81.7 Å². The van der Waals surface area contributed by atoms with Gasteiger partial charge in [0.05, 0.1) is 0 Å². The molecule has 2 rings (SSSR count). The van der Waals surface area contributed by atoms with E-state index < -0.39 is 0 Å². The summed E-state index contributed by atoms with van der Waals surface area (Å²) in [6.45, 7) is 1.09. The topological polar surface area (TPSA) is 12.0 Å². The van der Waals surface area contributed by atoms with E-state index in [1.807, 2.05) is 12.1 Å². The quantitative estimate of drug-likeness (QED) is 0.737. The lowest BCUT2D eigenvalue weighted by Crippen LogP contribution is -2.34. The van der Waals surface area contributed by atoms with Gasteiger partial charge in [0.25, 0.3) is 0 Å². The Kier molecular flexibility index (Phi) is 2.26. The van der Waals surface area contributed by atoms with Gasteiger partial charge in [0.15, 0.2) is 0 Å². The predicted octanol–water partition coefficient (Wildman–Crippen LogP) is 3.03. The van der Waals surface area contributed by atoms with Crippen LogP contribution in [0.1, 0.15) is 18.0 Å². The second kappa shape index (κ2) is 3.25. The summed E-state index contributed by atoms with van der Waals surface area (Å²) < 4.78 is 0. The van der Waals surface area contributed by atoms with Gasteiger partial charge in [0, 0.05) is 16.1 Å². The van der Waals surface area contributed by atoms with Crippen molar-refractivity contribution in [3.05, 3.63) is 33.8 Å². The molecule has 0 amide bonds. The first-order valence-corrected chi connectivity index (χ1v) is 4.71. The van der Waals surface area contributed by atoms with Crippen LogP contribution in [-0.2, 0) is 0 Å². The molecule has 1 atom stereocenters. The number of hydrogen-bond donors (Lipinski definition) is 1. The summed E-state index contributed by atoms with van der Waals surface area (Å²) in [7, 11) is 0. The van der Waals surface area contributed by atoms with Crippen molar-refractivity contribution >= 4 is 23.2 Å². The third-order valence-corrected chi connectivity index (χ3v) is 2.55. The van der Waals surface area contributed by atoms with Crippen LogP contribution >= 0.6 is 23.2 Å². The van der Waals surface area contributed by atoms with Gasteiger partial charge >= 0.3 is 0 Å². The van der Waals surface area contributed by atoms with Crippen molar-refractivity contribution in [2.45, 2.75) is 12.5 Å². The summed E-state index contributed by atoms with van der Waals surface area (Å²) in [5, 5.41) is 4.73. The minimum absolute atomic E-state index is 0.459. The Hall–Kier alpha value is -0.240. The van der Waals surface area contributed by atoms with E-state index in [-0.39, 0.29) is 0 Å². The Bertz CT molecular complexity index is 274. The molecule has 0 bridgehead atoms. The van der Waals surface area contributed by atoms with Crippen molar-refractivity contribution in [2.24, 2.45) is 0 Å². The lowest BCUT2D eigenvalue weighted by atomic mass is 9.98. The zero-order chi connectivity index (χ0) is 8.55. The molecule has 1 fully saturated rings. The molecule has 0 aromatic heterocycles. The lowest BCUT2D eigenvalue weighted by Gasteiger charge is -2.28. The van der Waals surface area contributed by atoms with Gasteiger partial charge in [-0.2, -0.15) is 0 Å². The molecule has 1 aliphatic rings. The third-order valence-electron chi connectivity index (χ3n) is 2.11. The minimum Gasteiger partial charge on any atom is -0.310 e. The highest BCUT2D eigenvalue weighted by atomic mass is 35.5. The fraction of sp³-hybridized carbons (Fsp3) is 0.333. The highest BCUT2D eigenvalue weighted by Gasteiger charge is 2.18. The minimum atomic E-state index is 0.459. The van der Waals surface area contributed by atoms with Crippen molar-refractivity contribution in [3.63, 3.8) is 0 Å². The van der Waals surface area contributed by atoms with Crippen LogP contribution in [0.3, 0.4) is 0 Å². The molecule has 1 heterocycles. The molecule has 1 saturated heterocycles. The summed E-state index contributed by atoms with van der Waals surface area (Å²) >= 11 is 11.7. The molecule has 1 aromatic carbocycles. The number of benzene rings is 1. The van der Waals surface area contributed by atoms with Crippen LogP contribution in [0, 0.1) is 0 Å². The van der Waals surface area contributed by atoms with Gasteiger partial charge in [-0.15, -0.1) is 0 Å². The zero-order valence-electron chi connectivity index (χ0n) is 6.48. The van der Waals surface area contributed by atoms with Crippen LogP contribution in [-0.4, -0.2) is 6.54 Å². The van der Waals surface area contributed by atoms with E-state index in [0.717, 1.165) is 6.54 Å². The number of rotatable bonds is 1. The number of nitrogens with one attached hydrogen (secondary N) is 1. The van der Waals surface area contributed by atoms with Gasteiger partial charge in [-0.05, 0) is 36.7 Å². The van der Waals surface area contributed by atoms with E-state index in [9.17, 15) is 0 Å². The molecular formula is C9H9Cl2N. The predicted molar refractivity (Wildman–Crippen MR) is 51.8 cm³/mol. The molecule has 0 spiro atoms. The fourth-order valence-corrected chi connectivity index (χ4v) is 1.89. The molecule has 1 N–H and O–H groups in total. The standard InChI is InChI=1S/C9H9Cl2N/c10-7-3-6(4-8(11)5-7)9-1-2-12-9/h3-5,9,12H,1-2H2/t9-/m0/s1. The Morgan fingerprint density at radius 3 is 2.17 bits per heavy atom. The van der Waals surface area contributed by atoms with E-state index in [4.69, 9.17) is 23.2 Å². The SMILES string of the molecule is Clc1cc(Cl)cc([C@@H]2CCN2)c1. The smallest absolute Gasteiger partial charge is 0.0424 e. The molecular weight excluding hydrogens is 193 g/mol. The highest BCUT2D eigenvalue weighted by Crippen LogP contribution is 2.28. The maximum atomic E-state index is 5.86. The average molecular weight is 202 g/mol. The Balaban J connectivity index is 2.30. The van der Waals surface area contributed by atoms with E-state index in [0.29, 0.717) is 16.1 Å². The van der Waals surface area contributed by atoms with Crippen molar-refractivity contribution in [1.29, 1.82) is 0 Å². The summed E-state index contributed by atoms with van der Waals surface area (Å²) in [4.78, 5) is 0. The normalized spacial score (nSPS) is 22.0. The van der Waals surface area contributed by atoms with Crippen LogP contribution in [0.25, 0.3) is 0 Å². The molecule has 0 radical (unpaired) electrons. The number of halogens is 2. The monoisotopic (exact) mass is 201 g/mol. The van der Waals surface area contributed by atoms with Gasteiger partial charge in [0.2, 0.25) is 0 Å². The third kappa shape index (κ3) is 1.58. The summed E-state index contributed by atoms with van der Waals surface area (Å²) in [6.07, 6.45) is 1.18. The van der Waals surface area contributed by atoms with Crippen LogP contribution in [0.5, 0.6) is 0 Å². The fourth-order valence-electron chi connectivity index (χ4n) is 1.35. The van der Waals surface area contributed by atoms with Gasteiger partial charge < -0.3 is 5.32 Å². The highest BCUT2D eigenvalue weighted by molar-refractivity contribution is 6.34. The van der Waals surface area contributed by atoms with Crippen LogP contribution < -0.4 is 5.32 Å². The first kappa shape index (κ1) is 8.36. The van der Waals surface area contributed by atoms with Crippen molar-refractivity contribution in [3.8, 4) is 0 Å². The summed E-state index contributed by atoms with van der Waals surface area (Å²) in [5.74, 6) is 0. The number of hydrogen-bond acceptors (Lipinski definition) is 1. The zero-order valence-corrected chi connectivity index (χ0v) is 7.99. The Morgan fingerprint density at radius 2 is 1.75 bits per heavy atom. The summed E-state index contributed by atoms with van der Waals surface area (Å²) in [6, 6.07) is 6.14. The first-order valence-electron chi connectivity index (χ1n) is 3.95. The molecule has 0 unspecified atom stereocenters. The molecule has 12 heavy (non-hydrogen) atoms. The van der Waals surface area contributed by atoms with E-state index in [1.54, 1.807) is 6.07 Å². The van der Waals surface area contributed by atoms with Crippen molar-refractivity contribution in [2.75, 3.05) is 6.54 Å². The lowest BCUT2D eigenvalue weighted by molar-refractivity contribution is 0.383. The average Bonchev–Trinajstić information content (AvgIpc) is 1.79. The molecule has 0 saturated carbocycles. The molecule has 1 aliphatic heterocycles. The second-order valence-corrected chi connectivity index (χ2v) is 3.87. The maximum Gasteiger partial charge on any atom is 0.0424 e. The molecule has 3 heteroatoms. The van der Waals surface area contributed by atoms with Crippen molar-refractivity contribution in [1.82, 2.24) is 5.32 Å². The van der Waals surface area contributed by atoms with Crippen LogP contribution in [0.4, 0.5) is 0 Å². The molecule has 0 aliphatic carbocycles. The molecule has 1 nitrogen and oxygen atoms in total. The molecule has 64 valence electrons. The van der Waals surface area contributed by atoms with Gasteiger partial charge in [-0.1, -0.05) is 23.2 Å². The first-order chi connectivity index (χ1) is 5.75. The van der Waals surface area contributed by atoms with Gasteiger partial charge in [-0.25, -0.2) is 0 Å². The molecule has 1 aromatic rings. The van der Waals surface area contributed by atoms with Gasteiger partial charge in [0.1, 0.15) is 0 Å². The maximum absolute atomic E-state index is 5.86. The summed E-state index contributed by atoms with van der Waals surface area (Å²) in [5.41, 5.74) is 1.19. The van der Waals surface area contributed by atoms with E-state index in [2.05, 4.69) is 5.32 Å².